The molecule has 0 aliphatic heterocycles. The number of thiophene rings is 1. The summed E-state index contributed by atoms with van der Waals surface area (Å²) in [5.41, 5.74) is 1.23. The molecule has 0 spiro atoms. The Morgan fingerprint density at radius 3 is 2.62 bits per heavy atom. The van der Waals surface area contributed by atoms with E-state index in [4.69, 9.17) is 0 Å². The second-order valence-electron chi connectivity index (χ2n) is 4.73. The van der Waals surface area contributed by atoms with Gasteiger partial charge in [-0.3, -0.25) is 0 Å². The molecule has 2 N–H and O–H groups in total. The lowest BCUT2D eigenvalue weighted by Gasteiger charge is -2.07. The van der Waals surface area contributed by atoms with Crippen molar-refractivity contribution < 1.29 is 8.42 Å². The fourth-order valence-electron chi connectivity index (χ4n) is 2.08. The van der Waals surface area contributed by atoms with Crippen LogP contribution in [0.3, 0.4) is 0 Å². The second kappa shape index (κ2) is 7.70. The molecule has 0 atom stereocenters. The molecule has 1 heterocycles. The SMILES string of the molecule is CNCc1sccc1S(=O)(=O)NCCCc1ccccc1. The Morgan fingerprint density at radius 2 is 1.90 bits per heavy atom. The first-order chi connectivity index (χ1) is 10.1. The van der Waals surface area contributed by atoms with Crippen LogP contribution < -0.4 is 10.0 Å². The van der Waals surface area contributed by atoms with Crippen molar-refractivity contribution in [2.75, 3.05) is 13.6 Å². The van der Waals surface area contributed by atoms with Gasteiger partial charge in [-0.05, 0) is 36.9 Å². The van der Waals surface area contributed by atoms with Crippen molar-refractivity contribution in [3.05, 3.63) is 52.2 Å². The average Bonchev–Trinajstić information content (AvgIpc) is 2.94. The van der Waals surface area contributed by atoms with Crippen LogP contribution in [-0.4, -0.2) is 22.0 Å². The normalized spacial score (nSPS) is 11.7. The van der Waals surface area contributed by atoms with Crippen LogP contribution in [0, 0.1) is 0 Å². The highest BCUT2D eigenvalue weighted by atomic mass is 32.2. The minimum atomic E-state index is -3.40. The van der Waals surface area contributed by atoms with Crippen molar-refractivity contribution in [1.29, 1.82) is 0 Å². The monoisotopic (exact) mass is 324 g/mol. The molecule has 2 aromatic rings. The molecule has 0 bridgehead atoms. The molecular weight excluding hydrogens is 304 g/mol. The zero-order chi connectivity index (χ0) is 15.1. The molecule has 0 radical (unpaired) electrons. The molecule has 0 amide bonds. The van der Waals surface area contributed by atoms with Gasteiger partial charge in [0.2, 0.25) is 10.0 Å². The summed E-state index contributed by atoms with van der Waals surface area (Å²) in [4.78, 5) is 1.23. The maximum absolute atomic E-state index is 12.3. The van der Waals surface area contributed by atoms with Crippen molar-refractivity contribution in [3.8, 4) is 0 Å². The first-order valence-electron chi connectivity index (χ1n) is 6.88. The summed E-state index contributed by atoms with van der Waals surface area (Å²) in [6, 6.07) is 11.7. The van der Waals surface area contributed by atoms with Crippen LogP contribution in [0.4, 0.5) is 0 Å². The van der Waals surface area contributed by atoms with Gasteiger partial charge >= 0.3 is 0 Å². The van der Waals surface area contributed by atoms with Gasteiger partial charge in [-0.25, -0.2) is 13.1 Å². The molecule has 2 rings (SSSR count). The van der Waals surface area contributed by atoms with Gasteiger partial charge in [0.1, 0.15) is 0 Å². The van der Waals surface area contributed by atoms with Gasteiger partial charge in [0.25, 0.3) is 0 Å². The summed E-state index contributed by atoms with van der Waals surface area (Å²) in [6.07, 6.45) is 1.66. The fourth-order valence-corrected chi connectivity index (χ4v) is 4.61. The Morgan fingerprint density at radius 1 is 1.14 bits per heavy atom. The highest BCUT2D eigenvalue weighted by Crippen LogP contribution is 2.21. The summed E-state index contributed by atoms with van der Waals surface area (Å²) in [5, 5.41) is 4.80. The van der Waals surface area contributed by atoms with Crippen LogP contribution in [0.25, 0.3) is 0 Å². The molecular formula is C15H20N2O2S2. The van der Waals surface area contributed by atoms with Crippen LogP contribution >= 0.6 is 11.3 Å². The Hall–Kier alpha value is -1.21. The van der Waals surface area contributed by atoms with Gasteiger partial charge in [0.05, 0.1) is 4.90 Å². The van der Waals surface area contributed by atoms with E-state index in [1.165, 1.54) is 16.9 Å². The highest BCUT2D eigenvalue weighted by Gasteiger charge is 2.18. The minimum absolute atomic E-state index is 0.390. The molecule has 0 saturated heterocycles. The average molecular weight is 324 g/mol. The number of sulfonamides is 1. The Balaban J connectivity index is 1.88. The smallest absolute Gasteiger partial charge is 0.241 e. The third-order valence-corrected chi connectivity index (χ3v) is 5.70. The van der Waals surface area contributed by atoms with E-state index in [-0.39, 0.29) is 0 Å². The van der Waals surface area contributed by atoms with Crippen molar-refractivity contribution in [2.45, 2.75) is 24.3 Å². The number of hydrogen-bond acceptors (Lipinski definition) is 4. The van der Waals surface area contributed by atoms with Gasteiger partial charge < -0.3 is 5.32 Å². The topological polar surface area (TPSA) is 58.2 Å². The van der Waals surface area contributed by atoms with E-state index in [1.54, 1.807) is 6.07 Å². The lowest BCUT2D eigenvalue weighted by atomic mass is 10.1. The predicted molar refractivity (Wildman–Crippen MR) is 87.0 cm³/mol. The van der Waals surface area contributed by atoms with Crippen LogP contribution in [0.2, 0.25) is 0 Å². The molecule has 21 heavy (non-hydrogen) atoms. The summed E-state index contributed by atoms with van der Waals surface area (Å²) >= 11 is 1.46. The first-order valence-corrected chi connectivity index (χ1v) is 9.24. The summed E-state index contributed by atoms with van der Waals surface area (Å²) < 4.78 is 27.2. The quantitative estimate of drug-likeness (QED) is 0.733. The van der Waals surface area contributed by atoms with Gasteiger partial charge in [-0.2, -0.15) is 0 Å². The summed E-state index contributed by atoms with van der Waals surface area (Å²) in [6.45, 7) is 1.02. The predicted octanol–water partition coefficient (Wildman–Crippen LogP) is 2.38. The largest absolute Gasteiger partial charge is 0.315 e. The van der Waals surface area contributed by atoms with E-state index in [0.29, 0.717) is 18.0 Å². The van der Waals surface area contributed by atoms with E-state index in [9.17, 15) is 8.42 Å². The third-order valence-electron chi connectivity index (χ3n) is 3.11. The van der Waals surface area contributed by atoms with Crippen molar-refractivity contribution in [1.82, 2.24) is 10.0 Å². The van der Waals surface area contributed by atoms with Gasteiger partial charge in [-0.15, -0.1) is 11.3 Å². The van der Waals surface area contributed by atoms with Crippen molar-refractivity contribution in [3.63, 3.8) is 0 Å². The van der Waals surface area contributed by atoms with E-state index >= 15 is 0 Å². The summed E-state index contributed by atoms with van der Waals surface area (Å²) in [5.74, 6) is 0. The Kier molecular flexibility index (Phi) is 5.93. The lowest BCUT2D eigenvalue weighted by Crippen LogP contribution is -2.26. The molecule has 0 aliphatic carbocycles. The standard InChI is InChI=1S/C15H20N2O2S2/c1-16-12-14-15(9-11-20-14)21(18,19)17-10-5-8-13-6-3-2-4-7-13/h2-4,6-7,9,11,16-17H,5,8,10,12H2,1H3. The minimum Gasteiger partial charge on any atom is -0.315 e. The Labute approximate surface area is 130 Å². The molecule has 0 fully saturated rings. The highest BCUT2D eigenvalue weighted by molar-refractivity contribution is 7.89. The molecule has 6 heteroatoms. The maximum Gasteiger partial charge on any atom is 0.241 e. The Bertz CT molecular complexity index is 651. The molecule has 4 nitrogen and oxygen atoms in total. The van der Waals surface area contributed by atoms with Gasteiger partial charge in [-0.1, -0.05) is 30.3 Å². The summed E-state index contributed by atoms with van der Waals surface area (Å²) in [7, 11) is -1.59. The third kappa shape index (κ3) is 4.64. The molecule has 1 aromatic carbocycles. The van der Waals surface area contributed by atoms with E-state index < -0.39 is 10.0 Å². The van der Waals surface area contributed by atoms with E-state index in [0.717, 1.165) is 17.7 Å². The van der Waals surface area contributed by atoms with E-state index in [1.807, 2.05) is 30.6 Å². The fraction of sp³-hybridized carbons (Fsp3) is 0.333. The zero-order valence-corrected chi connectivity index (χ0v) is 13.6. The van der Waals surface area contributed by atoms with Crippen molar-refractivity contribution in [2.24, 2.45) is 0 Å². The van der Waals surface area contributed by atoms with Crippen LogP contribution in [0.5, 0.6) is 0 Å². The maximum atomic E-state index is 12.3. The number of benzene rings is 1. The lowest BCUT2D eigenvalue weighted by molar-refractivity contribution is 0.578. The molecule has 0 saturated carbocycles. The van der Waals surface area contributed by atoms with Crippen LogP contribution in [0.1, 0.15) is 16.9 Å². The molecule has 0 aliphatic rings. The molecule has 1 aromatic heterocycles. The first kappa shape index (κ1) is 16.2. The number of nitrogens with one attached hydrogen (secondary N) is 2. The van der Waals surface area contributed by atoms with Crippen molar-refractivity contribution >= 4 is 21.4 Å². The van der Waals surface area contributed by atoms with Crippen LogP contribution in [0.15, 0.2) is 46.7 Å². The van der Waals surface area contributed by atoms with E-state index in [2.05, 4.69) is 22.2 Å². The number of aryl methyl sites for hydroxylation is 1. The van der Waals surface area contributed by atoms with Gasteiger partial charge in [0.15, 0.2) is 0 Å². The number of hydrogen-bond donors (Lipinski definition) is 2. The molecule has 114 valence electrons. The second-order valence-corrected chi connectivity index (χ2v) is 7.46. The van der Waals surface area contributed by atoms with Crippen LogP contribution in [-0.2, 0) is 23.0 Å². The van der Waals surface area contributed by atoms with Gasteiger partial charge in [0, 0.05) is 18.0 Å². The number of rotatable bonds is 8. The zero-order valence-electron chi connectivity index (χ0n) is 12.0. The molecule has 0 unspecified atom stereocenters.